The number of sulfonamides is 1. The molecule has 166 valence electrons. The Hall–Kier alpha value is -2.98. The Morgan fingerprint density at radius 2 is 1.81 bits per heavy atom. The molecular formula is C21H26N4O5S. The number of benzene rings is 2. The van der Waals surface area contributed by atoms with Crippen LogP contribution in [0.1, 0.15) is 13.8 Å². The topological polar surface area (TPSA) is 119 Å². The Kier molecular flexibility index (Phi) is 5.44. The molecule has 0 unspecified atom stereocenters. The highest BCUT2D eigenvalue weighted by Crippen LogP contribution is 2.39. The number of rotatable bonds is 5. The minimum Gasteiger partial charge on any atom is -0.504 e. The van der Waals surface area contributed by atoms with Gasteiger partial charge in [-0.05, 0) is 44.2 Å². The highest BCUT2D eigenvalue weighted by Gasteiger charge is 2.29. The molecule has 1 fully saturated rings. The lowest BCUT2D eigenvalue weighted by Crippen LogP contribution is -2.50. The first kappa shape index (κ1) is 21.3. The zero-order valence-electron chi connectivity index (χ0n) is 17.7. The number of aromatic nitrogens is 2. The fraction of sp³-hybridized carbons (Fsp3) is 0.381. The van der Waals surface area contributed by atoms with Gasteiger partial charge in [0, 0.05) is 37.4 Å². The van der Waals surface area contributed by atoms with Crippen LogP contribution >= 0.6 is 0 Å². The largest absolute Gasteiger partial charge is 0.504 e. The van der Waals surface area contributed by atoms with E-state index in [1.807, 2.05) is 18.2 Å². The fourth-order valence-electron chi connectivity index (χ4n) is 3.71. The average Bonchev–Trinajstić information content (AvgIpc) is 3.19. The molecule has 0 aliphatic carbocycles. The predicted octanol–water partition coefficient (Wildman–Crippen LogP) is 2.51. The van der Waals surface area contributed by atoms with Gasteiger partial charge in [0.1, 0.15) is 5.82 Å². The summed E-state index contributed by atoms with van der Waals surface area (Å²) in [5.41, 5.74) is 3.12. The van der Waals surface area contributed by atoms with E-state index in [2.05, 4.69) is 14.9 Å². The number of aromatic hydroxyl groups is 2. The molecule has 4 rings (SSSR count). The van der Waals surface area contributed by atoms with Gasteiger partial charge in [-0.2, -0.15) is 4.31 Å². The highest BCUT2D eigenvalue weighted by atomic mass is 32.2. The SMILES string of the molecule is COc1cc(-c2nc3cc(N4CCN(S(=O)(=O)C(C)C)CC4)ccc3[nH]2)cc(O)c1O. The second-order valence-corrected chi connectivity index (χ2v) is 10.3. The van der Waals surface area contributed by atoms with Crippen LogP contribution in [0, 0.1) is 0 Å². The van der Waals surface area contributed by atoms with Gasteiger partial charge in [0.15, 0.2) is 11.5 Å². The summed E-state index contributed by atoms with van der Waals surface area (Å²) in [6, 6.07) is 8.88. The van der Waals surface area contributed by atoms with Crippen LogP contribution in [0.25, 0.3) is 22.4 Å². The Labute approximate surface area is 180 Å². The first-order valence-electron chi connectivity index (χ1n) is 10.0. The quantitative estimate of drug-likeness (QED) is 0.515. The summed E-state index contributed by atoms with van der Waals surface area (Å²) in [7, 11) is -1.83. The van der Waals surface area contributed by atoms with E-state index >= 15 is 0 Å². The minimum atomic E-state index is -3.24. The molecule has 3 N–H and O–H groups in total. The Bertz CT molecular complexity index is 1210. The lowest BCUT2D eigenvalue weighted by Gasteiger charge is -2.36. The molecule has 2 aromatic carbocycles. The van der Waals surface area contributed by atoms with Crippen molar-refractivity contribution in [3.05, 3.63) is 30.3 Å². The zero-order chi connectivity index (χ0) is 22.3. The summed E-state index contributed by atoms with van der Waals surface area (Å²) < 4.78 is 31.4. The molecule has 0 spiro atoms. The molecule has 0 atom stereocenters. The van der Waals surface area contributed by atoms with Crippen molar-refractivity contribution in [2.45, 2.75) is 19.1 Å². The number of methoxy groups -OCH3 is 1. The number of anilines is 1. The van der Waals surface area contributed by atoms with Crippen molar-refractivity contribution >= 4 is 26.7 Å². The Morgan fingerprint density at radius 3 is 2.45 bits per heavy atom. The number of imidazole rings is 1. The van der Waals surface area contributed by atoms with Crippen LogP contribution < -0.4 is 9.64 Å². The maximum absolute atomic E-state index is 12.4. The monoisotopic (exact) mass is 446 g/mol. The molecule has 31 heavy (non-hydrogen) atoms. The first-order valence-corrected chi connectivity index (χ1v) is 11.5. The van der Waals surface area contributed by atoms with Gasteiger partial charge in [-0.25, -0.2) is 13.4 Å². The van der Waals surface area contributed by atoms with Crippen molar-refractivity contribution < 1.29 is 23.4 Å². The number of hydrogen-bond donors (Lipinski definition) is 3. The molecule has 0 amide bonds. The number of piperazine rings is 1. The molecular weight excluding hydrogens is 420 g/mol. The van der Waals surface area contributed by atoms with Gasteiger partial charge in [-0.1, -0.05) is 0 Å². The van der Waals surface area contributed by atoms with Crippen LogP contribution in [0.3, 0.4) is 0 Å². The van der Waals surface area contributed by atoms with Crippen LogP contribution in [0.2, 0.25) is 0 Å². The van der Waals surface area contributed by atoms with Crippen molar-refractivity contribution in [3.63, 3.8) is 0 Å². The van der Waals surface area contributed by atoms with Gasteiger partial charge in [0.25, 0.3) is 0 Å². The molecule has 1 aliphatic rings. The number of aromatic amines is 1. The Morgan fingerprint density at radius 1 is 1.10 bits per heavy atom. The maximum Gasteiger partial charge on any atom is 0.216 e. The van der Waals surface area contributed by atoms with Gasteiger partial charge in [-0.3, -0.25) is 0 Å². The minimum absolute atomic E-state index is 0.158. The van der Waals surface area contributed by atoms with Gasteiger partial charge in [-0.15, -0.1) is 0 Å². The average molecular weight is 447 g/mol. The molecule has 0 saturated carbocycles. The summed E-state index contributed by atoms with van der Waals surface area (Å²) in [4.78, 5) is 9.99. The number of ether oxygens (including phenoxy) is 1. The van der Waals surface area contributed by atoms with E-state index in [1.165, 1.54) is 13.2 Å². The molecule has 1 aromatic heterocycles. The van der Waals surface area contributed by atoms with Crippen molar-refractivity contribution in [1.82, 2.24) is 14.3 Å². The number of H-pyrrole nitrogens is 1. The molecule has 9 nitrogen and oxygen atoms in total. The number of hydrogen-bond acceptors (Lipinski definition) is 7. The van der Waals surface area contributed by atoms with Gasteiger partial charge < -0.3 is 24.8 Å². The summed E-state index contributed by atoms with van der Waals surface area (Å²) in [5.74, 6) is 0.0898. The van der Waals surface area contributed by atoms with Crippen LogP contribution in [-0.4, -0.2) is 71.4 Å². The Balaban J connectivity index is 1.57. The molecule has 1 aliphatic heterocycles. The zero-order valence-corrected chi connectivity index (χ0v) is 18.5. The number of fused-ring (bicyclic) bond motifs is 1. The third-order valence-electron chi connectivity index (χ3n) is 5.57. The second-order valence-electron chi connectivity index (χ2n) is 7.81. The molecule has 2 heterocycles. The standard InChI is InChI=1S/C21H26N4O5S/c1-13(2)31(28,29)25-8-6-24(7-9-25)15-4-5-16-17(12-15)23-21(22-16)14-10-18(26)20(27)19(11-14)30-3/h4-5,10-13,26-27H,6-9H2,1-3H3,(H,22,23). The van der Waals surface area contributed by atoms with Crippen molar-refractivity contribution in [1.29, 1.82) is 0 Å². The lowest BCUT2D eigenvalue weighted by atomic mass is 10.1. The first-order chi connectivity index (χ1) is 14.7. The summed E-state index contributed by atoms with van der Waals surface area (Å²) in [6.07, 6.45) is 0. The van der Waals surface area contributed by atoms with E-state index in [4.69, 9.17) is 4.74 Å². The molecule has 3 aromatic rings. The van der Waals surface area contributed by atoms with Crippen molar-refractivity contribution in [2.24, 2.45) is 0 Å². The van der Waals surface area contributed by atoms with E-state index in [0.717, 1.165) is 16.7 Å². The predicted molar refractivity (Wildman–Crippen MR) is 119 cm³/mol. The fourth-order valence-corrected chi connectivity index (χ4v) is 4.98. The number of nitrogens with zero attached hydrogens (tertiary/aromatic N) is 3. The van der Waals surface area contributed by atoms with Gasteiger partial charge in [0.2, 0.25) is 15.8 Å². The highest BCUT2D eigenvalue weighted by molar-refractivity contribution is 7.89. The normalized spacial score (nSPS) is 15.7. The van der Waals surface area contributed by atoms with E-state index in [9.17, 15) is 18.6 Å². The van der Waals surface area contributed by atoms with Gasteiger partial charge >= 0.3 is 0 Å². The molecule has 1 saturated heterocycles. The molecule has 0 radical (unpaired) electrons. The third-order valence-corrected chi connectivity index (χ3v) is 7.85. The van der Waals surface area contributed by atoms with E-state index in [1.54, 1.807) is 24.2 Å². The molecule has 0 bridgehead atoms. The van der Waals surface area contributed by atoms with E-state index in [0.29, 0.717) is 37.6 Å². The summed E-state index contributed by atoms with van der Waals surface area (Å²) in [6.45, 7) is 5.53. The second kappa shape index (κ2) is 7.93. The smallest absolute Gasteiger partial charge is 0.216 e. The van der Waals surface area contributed by atoms with Crippen molar-refractivity contribution in [3.8, 4) is 28.6 Å². The maximum atomic E-state index is 12.4. The molecule has 10 heteroatoms. The van der Waals surface area contributed by atoms with Crippen LogP contribution in [0.4, 0.5) is 5.69 Å². The van der Waals surface area contributed by atoms with Gasteiger partial charge in [0.05, 0.1) is 23.4 Å². The van der Waals surface area contributed by atoms with Crippen LogP contribution in [-0.2, 0) is 10.0 Å². The van der Waals surface area contributed by atoms with Crippen molar-refractivity contribution in [2.75, 3.05) is 38.2 Å². The van der Waals surface area contributed by atoms with E-state index < -0.39 is 15.3 Å². The number of phenolic OH excluding ortho intramolecular Hbond substituents is 2. The lowest BCUT2D eigenvalue weighted by molar-refractivity contribution is 0.351. The number of phenols is 2. The number of nitrogens with one attached hydrogen (secondary N) is 1. The van der Waals surface area contributed by atoms with Crippen LogP contribution in [0.15, 0.2) is 30.3 Å². The van der Waals surface area contributed by atoms with Crippen LogP contribution in [0.5, 0.6) is 17.2 Å². The summed E-state index contributed by atoms with van der Waals surface area (Å²) in [5, 5.41) is 19.4. The summed E-state index contributed by atoms with van der Waals surface area (Å²) >= 11 is 0. The third kappa shape index (κ3) is 3.88. The van der Waals surface area contributed by atoms with E-state index in [-0.39, 0.29) is 17.2 Å².